The maximum absolute atomic E-state index is 11.9. The number of rotatable bonds is 10. The van der Waals surface area contributed by atoms with Crippen LogP contribution < -0.4 is 0 Å². The van der Waals surface area contributed by atoms with Gasteiger partial charge in [-0.25, -0.2) is 4.57 Å². The van der Waals surface area contributed by atoms with Crippen LogP contribution in [0.4, 0.5) is 0 Å². The van der Waals surface area contributed by atoms with Gasteiger partial charge in [0.1, 0.15) is 0 Å². The summed E-state index contributed by atoms with van der Waals surface area (Å²) in [4.78, 5) is 0.254. The van der Waals surface area contributed by atoms with Crippen molar-refractivity contribution in [3.05, 3.63) is 0 Å². The van der Waals surface area contributed by atoms with Gasteiger partial charge in [0.05, 0.1) is 22.9 Å². The molecule has 0 amide bonds. The van der Waals surface area contributed by atoms with Gasteiger partial charge in [0.15, 0.2) is 0 Å². The van der Waals surface area contributed by atoms with E-state index in [1.165, 1.54) is 0 Å². The second kappa shape index (κ2) is 11.8. The van der Waals surface area contributed by atoms with E-state index >= 15 is 0 Å². The Labute approximate surface area is 168 Å². The highest BCUT2D eigenvalue weighted by Gasteiger charge is 2.27. The van der Waals surface area contributed by atoms with Gasteiger partial charge in [-0.2, -0.15) is 0 Å². The molecule has 19 heavy (non-hydrogen) atoms. The summed E-state index contributed by atoms with van der Waals surface area (Å²) in [5.74, 6) is 0. The molecule has 0 rings (SSSR count). The molecule has 0 spiro atoms. The van der Waals surface area contributed by atoms with Gasteiger partial charge in [-0.15, -0.1) is 0 Å². The highest BCUT2D eigenvalue weighted by molar-refractivity contribution is 9.14. The van der Waals surface area contributed by atoms with E-state index in [2.05, 4.69) is 95.6 Å². The molecule has 0 saturated carbocycles. The Morgan fingerprint density at radius 3 is 1.42 bits per heavy atom. The van der Waals surface area contributed by atoms with Crippen LogP contribution in [0.3, 0.4) is 0 Å². The lowest BCUT2D eigenvalue weighted by Crippen LogP contribution is -2.22. The van der Waals surface area contributed by atoms with Gasteiger partial charge in [0, 0.05) is 31.6 Å². The lowest BCUT2D eigenvalue weighted by molar-refractivity contribution is 0.221. The molecular formula is C8H12Br6ClO3P. The third-order valence-corrected chi connectivity index (χ3v) is 11.6. The summed E-state index contributed by atoms with van der Waals surface area (Å²) in [7, 11) is 0. The maximum Gasteiger partial charge on any atom is 0.424 e. The zero-order chi connectivity index (χ0) is 15.1. The molecule has 4 unspecified atom stereocenters. The van der Waals surface area contributed by atoms with E-state index in [9.17, 15) is 4.57 Å². The van der Waals surface area contributed by atoms with Crippen molar-refractivity contribution in [3.8, 4) is 0 Å². The van der Waals surface area contributed by atoms with E-state index in [-0.39, 0.29) is 32.5 Å². The van der Waals surface area contributed by atoms with Crippen LogP contribution in [0.5, 0.6) is 0 Å². The van der Waals surface area contributed by atoms with Crippen LogP contribution in [0.2, 0.25) is 0 Å². The highest BCUT2D eigenvalue weighted by atomic mass is 79.9. The van der Waals surface area contributed by atoms with Crippen LogP contribution in [0.15, 0.2) is 0 Å². The average Bonchev–Trinajstić information content (AvgIpc) is 2.40. The fraction of sp³-hybridized carbons (Fsp3) is 1.00. The van der Waals surface area contributed by atoms with E-state index in [1.807, 2.05) is 0 Å². The van der Waals surface area contributed by atoms with Gasteiger partial charge in [-0.3, -0.25) is 9.05 Å². The maximum atomic E-state index is 11.9. The molecule has 0 aromatic rings. The Hall–Kier alpha value is 3.32. The molecule has 0 saturated heterocycles. The van der Waals surface area contributed by atoms with Crippen LogP contribution in [0.25, 0.3) is 0 Å². The van der Waals surface area contributed by atoms with Crippen LogP contribution in [0, 0.1) is 0 Å². The summed E-state index contributed by atoms with van der Waals surface area (Å²) < 4.78 is 22.1. The molecule has 0 bridgehead atoms. The quantitative estimate of drug-likeness (QED) is 0.201. The molecule has 0 radical (unpaired) electrons. The standard InChI is InChI=1S/C8H12Br6ClO3P/c9-1-5(11)7(13)3-17-19(15,16)18-4-8(14)6(12)2-10/h5-8H,1-4H2. The fourth-order valence-electron chi connectivity index (χ4n) is 0.760. The summed E-state index contributed by atoms with van der Waals surface area (Å²) in [6.45, 7) is -3.19. The van der Waals surface area contributed by atoms with Gasteiger partial charge in [0.25, 0.3) is 0 Å². The Morgan fingerprint density at radius 2 is 1.16 bits per heavy atom. The van der Waals surface area contributed by atoms with Gasteiger partial charge >= 0.3 is 6.95 Å². The smallest absolute Gasteiger partial charge is 0.296 e. The predicted octanol–water partition coefficient (Wildman–Crippen LogP) is 6.21. The largest absolute Gasteiger partial charge is 0.424 e. The van der Waals surface area contributed by atoms with E-state index in [0.29, 0.717) is 0 Å². The molecule has 0 aromatic heterocycles. The third-order valence-electron chi connectivity index (χ3n) is 1.86. The predicted molar refractivity (Wildman–Crippen MR) is 104 cm³/mol. The lowest BCUT2D eigenvalue weighted by Gasteiger charge is -2.19. The highest BCUT2D eigenvalue weighted by Crippen LogP contribution is 2.54. The number of hydrogen-bond donors (Lipinski definition) is 0. The van der Waals surface area contributed by atoms with Crippen molar-refractivity contribution >= 4 is 114 Å². The van der Waals surface area contributed by atoms with E-state index < -0.39 is 6.95 Å². The van der Waals surface area contributed by atoms with Crippen molar-refractivity contribution in [1.29, 1.82) is 0 Å². The van der Waals surface area contributed by atoms with Crippen LogP contribution in [-0.4, -0.2) is 43.2 Å². The third kappa shape index (κ3) is 10.7. The SMILES string of the molecule is O=P(Cl)(OCC(Br)C(Br)CBr)OCC(Br)C(Br)CBr. The van der Waals surface area contributed by atoms with Crippen LogP contribution >= 0.6 is 114 Å². The zero-order valence-corrected chi connectivity index (χ0v) is 20.6. The molecule has 0 aliphatic heterocycles. The molecule has 0 fully saturated rings. The summed E-state index contributed by atoms with van der Waals surface area (Å²) in [5, 5.41) is 1.47. The molecular weight excluding hydrogens is 690 g/mol. The van der Waals surface area contributed by atoms with E-state index in [0.717, 1.165) is 10.7 Å². The molecule has 0 aliphatic carbocycles. The molecule has 116 valence electrons. The fourth-order valence-corrected chi connectivity index (χ4v) is 5.11. The summed E-state index contributed by atoms with van der Waals surface area (Å²) in [6, 6.07) is 0. The first kappa shape index (κ1) is 22.3. The first-order valence-electron chi connectivity index (χ1n) is 5.00. The monoisotopic (exact) mass is 696 g/mol. The number of alkyl halides is 6. The van der Waals surface area contributed by atoms with Crippen LogP contribution in [0.1, 0.15) is 0 Å². The van der Waals surface area contributed by atoms with Crippen molar-refractivity contribution in [2.24, 2.45) is 0 Å². The van der Waals surface area contributed by atoms with E-state index in [4.69, 9.17) is 20.3 Å². The average molecular weight is 702 g/mol. The van der Waals surface area contributed by atoms with Gasteiger partial charge < -0.3 is 0 Å². The molecule has 0 N–H and O–H groups in total. The molecule has 0 aliphatic rings. The molecule has 0 heterocycles. The van der Waals surface area contributed by atoms with E-state index in [1.54, 1.807) is 0 Å². The first-order chi connectivity index (χ1) is 8.73. The topological polar surface area (TPSA) is 35.5 Å². The summed E-state index contributed by atoms with van der Waals surface area (Å²) in [6.07, 6.45) is 0. The Balaban J connectivity index is 4.08. The van der Waals surface area contributed by atoms with Crippen molar-refractivity contribution in [1.82, 2.24) is 0 Å². The number of halogens is 7. The zero-order valence-electron chi connectivity index (χ0n) is 9.46. The first-order valence-corrected chi connectivity index (χ1v) is 13.4. The minimum absolute atomic E-state index is 0.0196. The molecule has 0 aromatic carbocycles. The summed E-state index contributed by atoms with van der Waals surface area (Å²) in [5.41, 5.74) is 0. The van der Waals surface area contributed by atoms with Crippen molar-refractivity contribution in [2.75, 3.05) is 23.9 Å². The van der Waals surface area contributed by atoms with Gasteiger partial charge in [-0.05, 0) is 0 Å². The molecule has 4 atom stereocenters. The molecule has 3 nitrogen and oxygen atoms in total. The second-order valence-corrected chi connectivity index (χ2v) is 12.0. The normalized spacial score (nSPS) is 21.4. The Kier molecular flexibility index (Phi) is 13.9. The van der Waals surface area contributed by atoms with Crippen molar-refractivity contribution in [3.63, 3.8) is 0 Å². The second-order valence-electron chi connectivity index (χ2n) is 3.39. The Morgan fingerprint density at radius 1 is 0.842 bits per heavy atom. The van der Waals surface area contributed by atoms with Gasteiger partial charge in [-0.1, -0.05) is 95.6 Å². The Bertz CT molecular complexity index is 276. The number of hydrogen-bond acceptors (Lipinski definition) is 3. The molecule has 11 heteroatoms. The minimum Gasteiger partial charge on any atom is -0.296 e. The van der Waals surface area contributed by atoms with Crippen molar-refractivity contribution < 1.29 is 13.6 Å². The minimum atomic E-state index is -3.56. The summed E-state index contributed by atoms with van der Waals surface area (Å²) >= 11 is 26.1. The van der Waals surface area contributed by atoms with Crippen LogP contribution in [-0.2, 0) is 13.6 Å². The van der Waals surface area contributed by atoms with Crippen molar-refractivity contribution in [2.45, 2.75) is 19.3 Å². The lowest BCUT2D eigenvalue weighted by atomic mass is 10.4. The van der Waals surface area contributed by atoms with Gasteiger partial charge in [0.2, 0.25) is 0 Å².